The predicted molar refractivity (Wildman–Crippen MR) is 243 cm³/mol. The first-order valence-electron chi connectivity index (χ1n) is 21.3. The zero-order valence-corrected chi connectivity index (χ0v) is 31.2. The molecule has 1 heteroatoms. The average molecular weight is 730 g/mol. The van der Waals surface area contributed by atoms with Crippen LogP contribution in [0.2, 0.25) is 0 Å². The van der Waals surface area contributed by atoms with E-state index in [0.717, 1.165) is 66.4 Å². The zero-order valence-electron chi connectivity index (χ0n) is 35.2. The van der Waals surface area contributed by atoms with Crippen LogP contribution < -0.4 is 4.90 Å². The summed E-state index contributed by atoms with van der Waals surface area (Å²) < 4.78 is 38.2. The molecule has 10 aromatic carbocycles. The number of benzene rings is 10. The van der Waals surface area contributed by atoms with E-state index < -0.39 is 0 Å². The van der Waals surface area contributed by atoms with Crippen molar-refractivity contribution in [2.75, 3.05) is 4.90 Å². The van der Waals surface area contributed by atoms with Crippen molar-refractivity contribution in [3.63, 3.8) is 0 Å². The van der Waals surface area contributed by atoms with Gasteiger partial charge in [0.05, 0.1) is 11.2 Å². The predicted octanol–water partition coefficient (Wildman–Crippen LogP) is 15.8. The third kappa shape index (κ3) is 6.56. The largest absolute Gasteiger partial charge is 0.310 e. The van der Waals surface area contributed by atoms with Crippen LogP contribution in [0.3, 0.4) is 0 Å². The zero-order chi connectivity index (χ0) is 41.5. The Morgan fingerprint density at radius 2 is 0.789 bits per heavy atom. The highest BCUT2D eigenvalue weighted by molar-refractivity contribution is 6.04. The van der Waals surface area contributed by atoms with E-state index in [9.17, 15) is 5.48 Å². The SMILES string of the molecule is [2H]c1c([2H])c(N(c2ccc(-c3ccc4ccccc4c3-c3ccccc3)cc2)c2ccccc2-c2ccccc2)c([2H])c([2H])c1-c1ccc(-c2cccc3ccccc23)cc1. The Bertz CT molecular complexity index is 3180. The van der Waals surface area contributed by atoms with Crippen molar-refractivity contribution in [1.29, 1.82) is 0 Å². The monoisotopic (exact) mass is 729 g/mol. The topological polar surface area (TPSA) is 3.24 Å². The van der Waals surface area contributed by atoms with Gasteiger partial charge in [-0.25, -0.2) is 0 Å². The minimum absolute atomic E-state index is 0.101. The van der Waals surface area contributed by atoms with Gasteiger partial charge < -0.3 is 4.90 Å². The van der Waals surface area contributed by atoms with Crippen molar-refractivity contribution in [1.82, 2.24) is 0 Å². The van der Waals surface area contributed by atoms with Gasteiger partial charge in [0.1, 0.15) is 0 Å². The highest BCUT2D eigenvalue weighted by atomic mass is 15.1. The molecule has 0 amide bonds. The molecule has 0 saturated carbocycles. The summed E-state index contributed by atoms with van der Waals surface area (Å²) in [6.07, 6.45) is 0. The normalized spacial score (nSPS) is 12.1. The van der Waals surface area contributed by atoms with Crippen LogP contribution in [0.4, 0.5) is 17.1 Å². The van der Waals surface area contributed by atoms with Gasteiger partial charge in [0.15, 0.2) is 0 Å². The number of para-hydroxylation sites is 1. The van der Waals surface area contributed by atoms with Gasteiger partial charge in [-0.05, 0) is 102 Å². The number of nitrogens with zero attached hydrogens (tertiary/aromatic N) is 1. The maximum atomic E-state index is 9.64. The summed E-state index contributed by atoms with van der Waals surface area (Å²) in [6, 6.07) is 71.4. The summed E-state index contributed by atoms with van der Waals surface area (Å²) in [6.45, 7) is 0. The molecule has 0 aliphatic rings. The van der Waals surface area contributed by atoms with Crippen molar-refractivity contribution in [2.24, 2.45) is 0 Å². The van der Waals surface area contributed by atoms with Gasteiger partial charge in [0, 0.05) is 16.9 Å². The molecule has 57 heavy (non-hydrogen) atoms. The summed E-state index contributed by atoms with van der Waals surface area (Å²) in [4.78, 5) is 1.89. The highest BCUT2D eigenvalue weighted by Gasteiger charge is 2.19. The van der Waals surface area contributed by atoms with Crippen molar-refractivity contribution in [2.45, 2.75) is 0 Å². The lowest BCUT2D eigenvalue weighted by Crippen LogP contribution is -2.11. The molecule has 0 unspecified atom stereocenters. The van der Waals surface area contributed by atoms with Crippen LogP contribution in [0.5, 0.6) is 0 Å². The second-order valence-corrected chi connectivity index (χ2v) is 14.2. The molecular formula is C56H39N. The second-order valence-electron chi connectivity index (χ2n) is 14.2. The lowest BCUT2D eigenvalue weighted by Gasteiger charge is -2.28. The lowest BCUT2D eigenvalue weighted by molar-refractivity contribution is 1.28. The summed E-state index contributed by atoms with van der Waals surface area (Å²) in [5, 5.41) is 4.63. The van der Waals surface area contributed by atoms with Crippen molar-refractivity contribution < 1.29 is 5.48 Å². The summed E-state index contributed by atoms with van der Waals surface area (Å²) in [5.74, 6) is 0. The van der Waals surface area contributed by atoms with Crippen LogP contribution in [0.1, 0.15) is 5.48 Å². The summed E-state index contributed by atoms with van der Waals surface area (Å²) >= 11 is 0. The first-order chi connectivity index (χ1) is 30.0. The molecule has 0 radical (unpaired) electrons. The molecule has 10 aromatic rings. The molecule has 0 spiro atoms. The minimum atomic E-state index is -0.123. The first-order valence-corrected chi connectivity index (χ1v) is 19.3. The van der Waals surface area contributed by atoms with Gasteiger partial charge in [-0.3, -0.25) is 0 Å². The Morgan fingerprint density at radius 1 is 0.281 bits per heavy atom. The fourth-order valence-corrected chi connectivity index (χ4v) is 7.99. The van der Waals surface area contributed by atoms with E-state index in [1.165, 1.54) is 5.39 Å². The Morgan fingerprint density at radius 3 is 1.53 bits per heavy atom. The maximum Gasteiger partial charge on any atom is 0.0645 e. The first kappa shape index (κ1) is 29.8. The van der Waals surface area contributed by atoms with Gasteiger partial charge in [-0.1, -0.05) is 206 Å². The average Bonchev–Trinajstić information content (AvgIpc) is 3.33. The third-order valence-electron chi connectivity index (χ3n) is 10.8. The fraction of sp³-hybridized carbons (Fsp3) is 0. The van der Waals surface area contributed by atoms with Gasteiger partial charge in [-0.15, -0.1) is 0 Å². The molecular weight excluding hydrogens is 687 g/mol. The van der Waals surface area contributed by atoms with Gasteiger partial charge in [-0.2, -0.15) is 0 Å². The molecule has 268 valence electrons. The Labute approximate surface area is 340 Å². The Kier molecular flexibility index (Phi) is 7.84. The standard InChI is InChI=1S/C56H39N/c1-3-14-43(15-4-1)52-22-11-12-25-55(52)57(48-35-30-41(31-36-48)40-26-28-45(29-27-40)51-24-13-20-42-16-7-9-21-50(42)51)49-37-32-46(33-38-49)54-39-34-44-17-8-10-23-53(44)56(54)47-18-5-2-6-19-47/h1-39H/i30D,31D,35D,36D. The van der Waals surface area contributed by atoms with Gasteiger partial charge >= 0.3 is 0 Å². The number of rotatable bonds is 8. The maximum absolute atomic E-state index is 9.64. The molecule has 0 fully saturated rings. The Hall–Kier alpha value is -7.48. The minimum Gasteiger partial charge on any atom is -0.310 e. The van der Waals surface area contributed by atoms with Crippen LogP contribution in [0.25, 0.3) is 77.2 Å². The molecule has 0 bridgehead atoms. The van der Waals surface area contributed by atoms with Crippen LogP contribution >= 0.6 is 0 Å². The number of hydrogen-bond acceptors (Lipinski definition) is 1. The highest BCUT2D eigenvalue weighted by Crippen LogP contribution is 2.43. The summed E-state index contributed by atoms with van der Waals surface area (Å²) in [7, 11) is 0. The van der Waals surface area contributed by atoms with E-state index in [0.29, 0.717) is 11.3 Å². The van der Waals surface area contributed by atoms with E-state index in [1.807, 2.05) is 120 Å². The van der Waals surface area contributed by atoms with E-state index in [1.54, 1.807) is 0 Å². The number of anilines is 3. The molecule has 0 aromatic heterocycles. The molecule has 10 rings (SSSR count). The van der Waals surface area contributed by atoms with E-state index >= 15 is 0 Å². The van der Waals surface area contributed by atoms with E-state index in [4.69, 9.17) is 0 Å². The molecule has 0 N–H and O–H groups in total. The van der Waals surface area contributed by atoms with Crippen LogP contribution in [-0.2, 0) is 0 Å². The van der Waals surface area contributed by atoms with Crippen molar-refractivity contribution in [3.05, 3.63) is 236 Å². The molecule has 0 aliphatic heterocycles. The van der Waals surface area contributed by atoms with Crippen molar-refractivity contribution in [3.8, 4) is 55.6 Å². The molecule has 0 atom stereocenters. The molecule has 0 aliphatic carbocycles. The smallest absolute Gasteiger partial charge is 0.0645 e. The van der Waals surface area contributed by atoms with Gasteiger partial charge in [0.25, 0.3) is 0 Å². The van der Waals surface area contributed by atoms with E-state index in [2.05, 4.69) is 97.1 Å². The third-order valence-corrected chi connectivity index (χ3v) is 10.8. The van der Waals surface area contributed by atoms with Crippen LogP contribution in [0, 0.1) is 0 Å². The summed E-state index contributed by atoms with van der Waals surface area (Å²) in [5.41, 5.74) is 10.9. The lowest BCUT2D eigenvalue weighted by atomic mass is 9.89. The van der Waals surface area contributed by atoms with Crippen molar-refractivity contribution >= 4 is 38.6 Å². The van der Waals surface area contributed by atoms with Gasteiger partial charge in [0.2, 0.25) is 0 Å². The molecule has 0 saturated heterocycles. The number of fused-ring (bicyclic) bond motifs is 2. The molecule has 1 nitrogen and oxygen atoms in total. The second kappa shape index (κ2) is 15.0. The quantitative estimate of drug-likeness (QED) is 0.151. The molecule has 0 heterocycles. The van der Waals surface area contributed by atoms with Crippen LogP contribution in [-0.4, -0.2) is 0 Å². The Balaban J connectivity index is 1.12. The van der Waals surface area contributed by atoms with Crippen LogP contribution in [0.15, 0.2) is 236 Å². The fourth-order valence-electron chi connectivity index (χ4n) is 7.99. The number of hydrogen-bond donors (Lipinski definition) is 0. The van der Waals surface area contributed by atoms with E-state index in [-0.39, 0.29) is 35.4 Å².